The second kappa shape index (κ2) is 4.60. The highest BCUT2D eigenvalue weighted by molar-refractivity contribution is 5.37. The lowest BCUT2D eigenvalue weighted by Gasteiger charge is -2.41. The largest absolute Gasteiger partial charge is 0.619 e. The normalized spacial score (nSPS) is 23.2. The number of aliphatic hydroxyl groups is 1. The number of nitrogens with zero attached hydrogens (tertiary/aromatic N) is 2. The summed E-state index contributed by atoms with van der Waals surface area (Å²) in [4.78, 5) is 12.1. The Kier molecular flexibility index (Phi) is 2.98. The average molecular weight is 288 g/mol. The third-order valence-electron chi connectivity index (χ3n) is 3.78. The number of aliphatic hydroxyl groups excluding tert-OH is 1. The summed E-state index contributed by atoms with van der Waals surface area (Å²) in [6.45, 7) is 3.45. The van der Waals surface area contributed by atoms with Crippen LogP contribution in [0.4, 0.5) is 0 Å². The van der Waals surface area contributed by atoms with Gasteiger partial charge in [0.05, 0.1) is 6.04 Å². The minimum absolute atomic E-state index is 0.218. The highest BCUT2D eigenvalue weighted by Gasteiger charge is 2.44. The van der Waals surface area contributed by atoms with Crippen molar-refractivity contribution in [1.29, 1.82) is 0 Å². The van der Waals surface area contributed by atoms with Gasteiger partial charge in [-0.15, -0.1) is 0 Å². The molecule has 2 aromatic heterocycles. The first-order valence-corrected chi connectivity index (χ1v) is 6.67. The maximum absolute atomic E-state index is 12.1. The molecule has 0 saturated carbocycles. The molecule has 2 atom stereocenters. The van der Waals surface area contributed by atoms with Crippen molar-refractivity contribution in [2.45, 2.75) is 31.6 Å². The molecule has 0 aliphatic carbocycles. The number of hydrogen-bond donors (Lipinski definition) is 1. The van der Waals surface area contributed by atoms with Crippen LogP contribution in [0, 0.1) is 5.21 Å². The van der Waals surface area contributed by atoms with Gasteiger partial charge in [-0.05, 0) is 19.9 Å². The monoisotopic (exact) mass is 288 g/mol. The average Bonchev–Trinajstić information content (AvgIpc) is 2.41. The Morgan fingerprint density at radius 3 is 2.86 bits per heavy atom. The number of ether oxygens (including phenoxy) is 1. The molecule has 0 bridgehead atoms. The lowest BCUT2D eigenvalue weighted by atomic mass is 9.87. The predicted molar refractivity (Wildman–Crippen MR) is 75.0 cm³/mol. The van der Waals surface area contributed by atoms with Crippen LogP contribution >= 0.6 is 0 Å². The molecule has 0 saturated heterocycles. The first-order chi connectivity index (χ1) is 9.90. The number of rotatable bonds is 1. The highest BCUT2D eigenvalue weighted by atomic mass is 16.5. The Morgan fingerprint density at radius 2 is 2.14 bits per heavy atom. The molecule has 1 aliphatic heterocycles. The molecule has 6 nitrogen and oxygen atoms in total. The second-order valence-corrected chi connectivity index (χ2v) is 5.67. The SMILES string of the molecule is CC1(C)Oc2c[n+]([O-])ccc2C(n2ccccc2=O)C1O. The van der Waals surface area contributed by atoms with Gasteiger partial charge in [0.1, 0.15) is 11.7 Å². The topological polar surface area (TPSA) is 78.4 Å². The molecular formula is C15H16N2O4. The molecular weight excluding hydrogens is 272 g/mol. The van der Waals surface area contributed by atoms with Crippen molar-refractivity contribution in [2.24, 2.45) is 0 Å². The molecule has 0 aromatic carbocycles. The molecule has 2 aromatic rings. The van der Waals surface area contributed by atoms with E-state index >= 15 is 0 Å². The summed E-state index contributed by atoms with van der Waals surface area (Å²) in [5.74, 6) is 0.378. The quantitative estimate of drug-likeness (QED) is 0.616. The van der Waals surface area contributed by atoms with Crippen LogP contribution < -0.4 is 15.0 Å². The fourth-order valence-electron chi connectivity index (χ4n) is 2.66. The van der Waals surface area contributed by atoms with Gasteiger partial charge in [-0.25, -0.2) is 0 Å². The van der Waals surface area contributed by atoms with E-state index in [1.165, 1.54) is 23.0 Å². The van der Waals surface area contributed by atoms with Crippen molar-refractivity contribution in [1.82, 2.24) is 4.57 Å². The molecule has 6 heteroatoms. The van der Waals surface area contributed by atoms with Gasteiger partial charge >= 0.3 is 0 Å². The molecule has 110 valence electrons. The first kappa shape index (κ1) is 13.6. The molecule has 3 rings (SSSR count). The second-order valence-electron chi connectivity index (χ2n) is 5.67. The van der Waals surface area contributed by atoms with E-state index in [4.69, 9.17) is 4.74 Å². The summed E-state index contributed by atoms with van der Waals surface area (Å²) in [7, 11) is 0. The van der Waals surface area contributed by atoms with E-state index in [0.29, 0.717) is 16.0 Å². The number of aromatic nitrogens is 2. The summed E-state index contributed by atoms with van der Waals surface area (Å²) in [6, 6.07) is 5.79. The minimum atomic E-state index is -0.924. The fourth-order valence-corrected chi connectivity index (χ4v) is 2.66. The maximum Gasteiger partial charge on any atom is 0.251 e. The predicted octanol–water partition coefficient (Wildman–Crippen LogP) is 0.603. The lowest BCUT2D eigenvalue weighted by Crippen LogP contribution is -2.52. The molecule has 0 radical (unpaired) electrons. The van der Waals surface area contributed by atoms with Gasteiger partial charge in [-0.2, -0.15) is 4.73 Å². The van der Waals surface area contributed by atoms with Crippen molar-refractivity contribution in [2.75, 3.05) is 0 Å². The summed E-state index contributed by atoms with van der Waals surface area (Å²) in [5.41, 5.74) is -0.521. The number of hydrogen-bond acceptors (Lipinski definition) is 4. The molecule has 0 amide bonds. The molecule has 0 spiro atoms. The molecule has 2 unspecified atom stereocenters. The Hall–Kier alpha value is -2.34. The number of pyridine rings is 2. The smallest absolute Gasteiger partial charge is 0.251 e. The lowest BCUT2D eigenvalue weighted by molar-refractivity contribution is -0.606. The van der Waals surface area contributed by atoms with E-state index < -0.39 is 17.7 Å². The molecule has 1 N–H and O–H groups in total. The van der Waals surface area contributed by atoms with E-state index in [-0.39, 0.29) is 5.56 Å². The van der Waals surface area contributed by atoms with Crippen LogP contribution in [-0.2, 0) is 0 Å². The summed E-state index contributed by atoms with van der Waals surface area (Å²) in [5, 5.41) is 22.1. The summed E-state index contributed by atoms with van der Waals surface area (Å²) >= 11 is 0. The highest BCUT2D eigenvalue weighted by Crippen LogP contribution is 2.40. The Morgan fingerprint density at radius 1 is 1.38 bits per heavy atom. The van der Waals surface area contributed by atoms with Crippen molar-refractivity contribution in [3.05, 3.63) is 64.0 Å². The van der Waals surface area contributed by atoms with E-state index in [9.17, 15) is 15.1 Å². The van der Waals surface area contributed by atoms with Crippen molar-refractivity contribution in [3.63, 3.8) is 0 Å². The van der Waals surface area contributed by atoms with Gasteiger partial charge in [0.25, 0.3) is 5.56 Å². The van der Waals surface area contributed by atoms with Crippen LogP contribution in [0.1, 0.15) is 25.5 Å². The van der Waals surface area contributed by atoms with E-state index in [2.05, 4.69) is 0 Å². The zero-order valence-corrected chi connectivity index (χ0v) is 11.8. The standard InChI is InChI=1S/C15H16N2O4/c1-15(2)14(19)13(17-7-4-3-5-12(17)18)10-6-8-16(20)9-11(10)21-15/h3-9,13-14,19H,1-2H3. The van der Waals surface area contributed by atoms with Crippen LogP contribution in [0.15, 0.2) is 47.7 Å². The molecule has 21 heavy (non-hydrogen) atoms. The van der Waals surface area contributed by atoms with Gasteiger partial charge in [0.15, 0.2) is 11.9 Å². The maximum atomic E-state index is 12.1. The van der Waals surface area contributed by atoms with E-state index in [1.54, 1.807) is 38.2 Å². The Labute approximate surface area is 121 Å². The Bertz CT molecular complexity index is 738. The van der Waals surface area contributed by atoms with Crippen LogP contribution in [0.2, 0.25) is 0 Å². The van der Waals surface area contributed by atoms with Gasteiger partial charge in [-0.3, -0.25) is 4.79 Å². The number of fused-ring (bicyclic) bond motifs is 1. The van der Waals surface area contributed by atoms with Gasteiger partial charge in [0, 0.05) is 23.9 Å². The van der Waals surface area contributed by atoms with Gasteiger partial charge < -0.3 is 19.6 Å². The van der Waals surface area contributed by atoms with Crippen LogP contribution in [0.25, 0.3) is 0 Å². The zero-order valence-electron chi connectivity index (χ0n) is 11.8. The van der Waals surface area contributed by atoms with E-state index in [0.717, 1.165) is 0 Å². The van der Waals surface area contributed by atoms with Crippen molar-refractivity contribution < 1.29 is 14.6 Å². The molecule has 3 heterocycles. The summed E-state index contributed by atoms with van der Waals surface area (Å²) < 4.78 is 7.82. The van der Waals surface area contributed by atoms with Crippen LogP contribution in [-0.4, -0.2) is 21.4 Å². The third kappa shape index (κ3) is 2.17. The van der Waals surface area contributed by atoms with Crippen molar-refractivity contribution >= 4 is 0 Å². The third-order valence-corrected chi connectivity index (χ3v) is 3.78. The van der Waals surface area contributed by atoms with Crippen molar-refractivity contribution in [3.8, 4) is 5.75 Å². The van der Waals surface area contributed by atoms with Gasteiger partial charge in [-0.1, -0.05) is 6.07 Å². The Balaban J connectivity index is 2.24. The van der Waals surface area contributed by atoms with Crippen LogP contribution in [0.5, 0.6) is 5.75 Å². The van der Waals surface area contributed by atoms with E-state index in [1.807, 2.05) is 0 Å². The summed E-state index contributed by atoms with van der Waals surface area (Å²) in [6.07, 6.45) is 3.34. The first-order valence-electron chi connectivity index (χ1n) is 6.67. The fraction of sp³-hybridized carbons (Fsp3) is 0.333. The zero-order chi connectivity index (χ0) is 15.2. The van der Waals surface area contributed by atoms with Crippen LogP contribution in [0.3, 0.4) is 0 Å². The minimum Gasteiger partial charge on any atom is -0.619 e. The van der Waals surface area contributed by atoms with Gasteiger partial charge in [0.2, 0.25) is 6.20 Å². The molecule has 0 fully saturated rings. The molecule has 1 aliphatic rings.